The van der Waals surface area contributed by atoms with E-state index < -0.39 is 0 Å². The van der Waals surface area contributed by atoms with Gasteiger partial charge in [0.2, 0.25) is 0 Å². The molecule has 0 spiro atoms. The molecule has 2 aromatic rings. The van der Waals surface area contributed by atoms with E-state index in [1.54, 1.807) is 41.3 Å². The molecule has 1 saturated heterocycles. The largest absolute Gasteiger partial charge is 0.495 e. The highest BCUT2D eigenvalue weighted by Gasteiger charge is 2.21. The van der Waals surface area contributed by atoms with E-state index in [0.29, 0.717) is 35.1 Å². The number of nitrogens with one attached hydrogen (secondary N) is 2. The van der Waals surface area contributed by atoms with Crippen LogP contribution < -0.4 is 20.3 Å². The van der Waals surface area contributed by atoms with E-state index in [-0.39, 0.29) is 11.9 Å². The normalized spacial score (nSPS) is 13.6. The molecule has 0 aromatic heterocycles. The molecule has 0 aliphatic carbocycles. The number of halogens is 1. The van der Waals surface area contributed by atoms with Gasteiger partial charge in [0, 0.05) is 35.4 Å². The molecule has 0 saturated carbocycles. The molecule has 1 fully saturated rings. The highest BCUT2D eigenvalue weighted by molar-refractivity contribution is 6.31. The molecule has 7 heteroatoms. The first kappa shape index (κ1) is 17.1. The third-order valence-electron chi connectivity index (χ3n) is 4.03. The van der Waals surface area contributed by atoms with E-state index in [1.165, 1.54) is 7.11 Å². The summed E-state index contributed by atoms with van der Waals surface area (Å²) in [4.78, 5) is 25.8. The second-order valence-corrected chi connectivity index (χ2v) is 6.09. The van der Waals surface area contributed by atoms with Gasteiger partial charge in [-0.05, 0) is 42.8 Å². The third kappa shape index (κ3) is 3.53. The minimum Gasteiger partial charge on any atom is -0.495 e. The van der Waals surface area contributed by atoms with Crippen LogP contribution in [0.25, 0.3) is 0 Å². The number of urea groups is 1. The molecule has 3 amide bonds. The summed E-state index contributed by atoms with van der Waals surface area (Å²) >= 11 is 6.08. The van der Waals surface area contributed by atoms with Gasteiger partial charge in [-0.15, -0.1) is 0 Å². The minimum atomic E-state index is -0.266. The zero-order chi connectivity index (χ0) is 18.0. The van der Waals surface area contributed by atoms with Crippen molar-refractivity contribution < 1.29 is 14.3 Å². The molecule has 0 unspecified atom stereocenters. The number of aryl methyl sites for hydroxylation is 1. The molecule has 0 radical (unpaired) electrons. The summed E-state index contributed by atoms with van der Waals surface area (Å²) in [5.74, 6) is 0.228. The molecule has 6 nitrogen and oxygen atoms in total. The lowest BCUT2D eigenvalue weighted by atomic mass is 10.1. The Morgan fingerprint density at radius 3 is 2.60 bits per heavy atom. The average Bonchev–Trinajstić information content (AvgIpc) is 3.04. The minimum absolute atomic E-state index is 0.126. The average molecular weight is 360 g/mol. The monoisotopic (exact) mass is 359 g/mol. The molecule has 3 rings (SSSR count). The van der Waals surface area contributed by atoms with Gasteiger partial charge in [0.25, 0.3) is 5.91 Å². The standard InChI is InChI=1S/C18H18ClN3O3/c1-11-9-15(16(25-2)10-14(11)19)21-17(23)12-3-5-13(6-4-12)22-8-7-20-18(22)24/h3-6,9-10H,7-8H2,1-2H3,(H,20,24)(H,21,23). The molecule has 2 N–H and O–H groups in total. The number of anilines is 2. The van der Waals surface area contributed by atoms with E-state index in [2.05, 4.69) is 10.6 Å². The van der Waals surface area contributed by atoms with E-state index >= 15 is 0 Å². The predicted molar refractivity (Wildman–Crippen MR) is 97.9 cm³/mol. The number of ether oxygens (including phenoxy) is 1. The summed E-state index contributed by atoms with van der Waals surface area (Å²) in [6.07, 6.45) is 0. The second kappa shape index (κ2) is 7.03. The van der Waals surface area contributed by atoms with Crippen molar-refractivity contribution in [1.29, 1.82) is 0 Å². The summed E-state index contributed by atoms with van der Waals surface area (Å²) in [5.41, 5.74) is 2.63. The topological polar surface area (TPSA) is 70.7 Å². The first-order valence-electron chi connectivity index (χ1n) is 7.80. The quantitative estimate of drug-likeness (QED) is 0.878. The Balaban J connectivity index is 1.78. The fourth-order valence-corrected chi connectivity index (χ4v) is 2.79. The van der Waals surface area contributed by atoms with Crippen molar-refractivity contribution in [3.05, 3.63) is 52.5 Å². The van der Waals surface area contributed by atoms with Crippen LogP contribution in [0.4, 0.5) is 16.2 Å². The zero-order valence-corrected chi connectivity index (χ0v) is 14.7. The van der Waals surface area contributed by atoms with Gasteiger partial charge < -0.3 is 15.4 Å². The summed E-state index contributed by atoms with van der Waals surface area (Å²) in [5, 5.41) is 6.14. The summed E-state index contributed by atoms with van der Waals surface area (Å²) in [6, 6.07) is 10.2. The van der Waals surface area contributed by atoms with Crippen LogP contribution >= 0.6 is 11.6 Å². The molecule has 1 aliphatic heterocycles. The van der Waals surface area contributed by atoms with Gasteiger partial charge >= 0.3 is 6.03 Å². The van der Waals surface area contributed by atoms with Crippen molar-refractivity contribution in [2.24, 2.45) is 0 Å². The smallest absolute Gasteiger partial charge is 0.321 e. The summed E-state index contributed by atoms with van der Waals surface area (Å²) in [7, 11) is 1.52. The van der Waals surface area contributed by atoms with Gasteiger partial charge in [-0.3, -0.25) is 9.69 Å². The van der Waals surface area contributed by atoms with Gasteiger partial charge in [0.1, 0.15) is 5.75 Å². The number of nitrogens with zero attached hydrogens (tertiary/aromatic N) is 1. The van der Waals surface area contributed by atoms with Crippen LogP contribution in [0.15, 0.2) is 36.4 Å². The molecular formula is C18H18ClN3O3. The zero-order valence-electron chi connectivity index (χ0n) is 13.9. The Hall–Kier alpha value is -2.73. The molecule has 0 atom stereocenters. The molecule has 130 valence electrons. The molecule has 1 heterocycles. The first-order valence-corrected chi connectivity index (χ1v) is 8.18. The van der Waals surface area contributed by atoms with Crippen LogP contribution in [0.3, 0.4) is 0 Å². The lowest BCUT2D eigenvalue weighted by molar-refractivity contribution is 0.102. The van der Waals surface area contributed by atoms with Crippen LogP contribution in [-0.2, 0) is 0 Å². The number of hydrogen-bond acceptors (Lipinski definition) is 3. The number of carbonyl (C=O) groups is 2. The van der Waals surface area contributed by atoms with Gasteiger partial charge in [-0.2, -0.15) is 0 Å². The Morgan fingerprint density at radius 2 is 2.00 bits per heavy atom. The van der Waals surface area contributed by atoms with Crippen molar-refractivity contribution in [2.75, 3.05) is 30.4 Å². The van der Waals surface area contributed by atoms with Crippen molar-refractivity contribution >= 4 is 34.9 Å². The Kier molecular flexibility index (Phi) is 4.81. The van der Waals surface area contributed by atoms with Gasteiger partial charge in [0.15, 0.2) is 0 Å². The highest BCUT2D eigenvalue weighted by Crippen LogP contribution is 2.31. The molecule has 2 aromatic carbocycles. The van der Waals surface area contributed by atoms with Crippen LogP contribution in [0.1, 0.15) is 15.9 Å². The number of hydrogen-bond donors (Lipinski definition) is 2. The maximum absolute atomic E-state index is 12.5. The maximum atomic E-state index is 12.5. The predicted octanol–water partition coefficient (Wildman–Crippen LogP) is 3.44. The fraction of sp³-hybridized carbons (Fsp3) is 0.222. The lowest BCUT2D eigenvalue weighted by Crippen LogP contribution is -2.27. The van der Waals surface area contributed by atoms with Crippen molar-refractivity contribution in [1.82, 2.24) is 5.32 Å². The van der Waals surface area contributed by atoms with Crippen LogP contribution in [0, 0.1) is 6.92 Å². The highest BCUT2D eigenvalue weighted by atomic mass is 35.5. The molecule has 1 aliphatic rings. The summed E-state index contributed by atoms with van der Waals surface area (Å²) in [6.45, 7) is 3.09. The van der Waals surface area contributed by atoms with E-state index in [4.69, 9.17) is 16.3 Å². The maximum Gasteiger partial charge on any atom is 0.321 e. The molecular weight excluding hydrogens is 342 g/mol. The SMILES string of the molecule is COc1cc(Cl)c(C)cc1NC(=O)c1ccc(N2CCNC2=O)cc1. The van der Waals surface area contributed by atoms with Gasteiger partial charge in [-0.1, -0.05) is 11.6 Å². The second-order valence-electron chi connectivity index (χ2n) is 5.69. The van der Waals surface area contributed by atoms with Crippen molar-refractivity contribution in [3.8, 4) is 5.75 Å². The van der Waals surface area contributed by atoms with E-state index in [9.17, 15) is 9.59 Å². The lowest BCUT2D eigenvalue weighted by Gasteiger charge is -2.15. The van der Waals surface area contributed by atoms with E-state index in [0.717, 1.165) is 11.3 Å². The molecule has 0 bridgehead atoms. The Morgan fingerprint density at radius 1 is 1.28 bits per heavy atom. The van der Waals surface area contributed by atoms with Crippen LogP contribution in [0.5, 0.6) is 5.75 Å². The van der Waals surface area contributed by atoms with Crippen LogP contribution in [0.2, 0.25) is 5.02 Å². The third-order valence-corrected chi connectivity index (χ3v) is 4.43. The Bertz CT molecular complexity index is 821. The summed E-state index contributed by atoms with van der Waals surface area (Å²) < 4.78 is 5.27. The molecule has 25 heavy (non-hydrogen) atoms. The van der Waals surface area contributed by atoms with Crippen LogP contribution in [-0.4, -0.2) is 32.1 Å². The Labute approximate surface area is 150 Å². The van der Waals surface area contributed by atoms with Gasteiger partial charge in [-0.25, -0.2) is 4.79 Å². The fourth-order valence-electron chi connectivity index (χ4n) is 2.64. The first-order chi connectivity index (χ1) is 12.0. The number of amides is 3. The number of methoxy groups -OCH3 is 1. The van der Waals surface area contributed by atoms with Crippen molar-refractivity contribution in [2.45, 2.75) is 6.92 Å². The number of rotatable bonds is 4. The number of benzene rings is 2. The van der Waals surface area contributed by atoms with Crippen molar-refractivity contribution in [3.63, 3.8) is 0 Å². The van der Waals surface area contributed by atoms with E-state index in [1.807, 2.05) is 6.92 Å². The van der Waals surface area contributed by atoms with Gasteiger partial charge in [0.05, 0.1) is 12.8 Å². The number of carbonyl (C=O) groups excluding carboxylic acids is 2.